The molecule has 4 rings (SSSR count). The Hall–Kier alpha value is -3.97. The van der Waals surface area contributed by atoms with Crippen LogP contribution in [0.2, 0.25) is 10.0 Å². The van der Waals surface area contributed by atoms with Crippen molar-refractivity contribution in [1.82, 2.24) is 4.98 Å². The first-order valence-corrected chi connectivity index (χ1v) is 11.6. The van der Waals surface area contributed by atoms with Gasteiger partial charge in [-0.25, -0.2) is 4.98 Å². The average molecular weight is 525 g/mol. The highest BCUT2D eigenvalue weighted by Crippen LogP contribution is 2.32. The molecule has 0 saturated carbocycles. The Morgan fingerprint density at radius 1 is 1.20 bits per heavy atom. The van der Waals surface area contributed by atoms with E-state index in [1.807, 2.05) is 24.3 Å². The van der Waals surface area contributed by atoms with Crippen LogP contribution >= 0.6 is 34.5 Å². The summed E-state index contributed by atoms with van der Waals surface area (Å²) in [5, 5.41) is 24.2. The van der Waals surface area contributed by atoms with Gasteiger partial charge in [0.05, 0.1) is 4.92 Å². The van der Waals surface area contributed by atoms with Crippen LogP contribution < -0.4 is 5.32 Å². The second-order valence-corrected chi connectivity index (χ2v) is 9.08. The van der Waals surface area contributed by atoms with Crippen LogP contribution in [0.5, 0.6) is 0 Å². The fraction of sp³-hybridized carbons (Fsp3) is 0.0417. The standard InChI is InChI=1S/C24H14Cl2N4O4S/c25-19-4-2-1-3-14(19)10-18-13-28-24(35-18)29-23(31)16(12-27)9-17-6-8-22(34-17)15-5-7-20(26)21(11-15)30(32)33/h1-9,11,13H,10H2,(H,28,29,31). The largest absolute Gasteiger partial charge is 0.457 e. The number of carbonyl (C=O) groups is 1. The van der Waals surface area contributed by atoms with E-state index in [9.17, 15) is 20.2 Å². The third-order valence-electron chi connectivity index (χ3n) is 4.80. The predicted molar refractivity (Wildman–Crippen MR) is 134 cm³/mol. The third-order valence-corrected chi connectivity index (χ3v) is 6.40. The molecule has 0 saturated heterocycles. The van der Waals surface area contributed by atoms with E-state index in [0.29, 0.717) is 27.9 Å². The molecule has 0 radical (unpaired) electrons. The summed E-state index contributed by atoms with van der Waals surface area (Å²) < 4.78 is 5.66. The van der Waals surface area contributed by atoms with Gasteiger partial charge in [0.15, 0.2) is 5.13 Å². The number of carbonyl (C=O) groups excluding carboxylic acids is 1. The number of nitro benzene ring substituents is 1. The fourth-order valence-corrected chi connectivity index (χ4v) is 4.34. The molecule has 0 bridgehead atoms. The van der Waals surface area contributed by atoms with E-state index in [-0.39, 0.29) is 22.0 Å². The van der Waals surface area contributed by atoms with Gasteiger partial charge in [-0.15, -0.1) is 11.3 Å². The Kier molecular flexibility index (Phi) is 7.27. The van der Waals surface area contributed by atoms with E-state index >= 15 is 0 Å². The van der Waals surface area contributed by atoms with Crippen LogP contribution in [-0.4, -0.2) is 15.8 Å². The van der Waals surface area contributed by atoms with Crippen LogP contribution in [0.1, 0.15) is 16.2 Å². The lowest BCUT2D eigenvalue weighted by atomic mass is 10.1. The van der Waals surface area contributed by atoms with Crippen LogP contribution in [0.4, 0.5) is 10.8 Å². The van der Waals surface area contributed by atoms with E-state index in [1.165, 1.54) is 29.5 Å². The number of hydrogen-bond acceptors (Lipinski definition) is 7. The minimum Gasteiger partial charge on any atom is -0.457 e. The maximum atomic E-state index is 12.6. The first-order valence-electron chi connectivity index (χ1n) is 9.99. The summed E-state index contributed by atoms with van der Waals surface area (Å²) in [5.74, 6) is -0.105. The van der Waals surface area contributed by atoms with E-state index in [4.69, 9.17) is 27.6 Å². The zero-order valence-corrected chi connectivity index (χ0v) is 20.0. The molecule has 0 aliphatic rings. The number of nitro groups is 1. The lowest BCUT2D eigenvalue weighted by molar-refractivity contribution is -0.384. The molecule has 0 aliphatic heterocycles. The van der Waals surface area contributed by atoms with Crippen molar-refractivity contribution in [3.05, 3.63) is 103 Å². The van der Waals surface area contributed by atoms with E-state index in [2.05, 4.69) is 10.3 Å². The van der Waals surface area contributed by atoms with Crippen LogP contribution in [0.25, 0.3) is 17.4 Å². The van der Waals surface area contributed by atoms with Crippen molar-refractivity contribution >= 4 is 57.3 Å². The van der Waals surface area contributed by atoms with Gasteiger partial charge in [-0.2, -0.15) is 5.26 Å². The highest BCUT2D eigenvalue weighted by atomic mass is 35.5. The quantitative estimate of drug-likeness (QED) is 0.123. The Bertz CT molecular complexity index is 1500. The molecule has 11 heteroatoms. The maximum Gasteiger partial charge on any atom is 0.288 e. The lowest BCUT2D eigenvalue weighted by Gasteiger charge is -2.01. The van der Waals surface area contributed by atoms with Gasteiger partial charge >= 0.3 is 0 Å². The fourth-order valence-electron chi connectivity index (χ4n) is 3.12. The van der Waals surface area contributed by atoms with Gasteiger partial charge in [0.25, 0.3) is 11.6 Å². The number of amides is 1. The van der Waals surface area contributed by atoms with Crippen molar-refractivity contribution in [2.24, 2.45) is 0 Å². The number of nitrogens with zero attached hydrogens (tertiary/aromatic N) is 3. The first-order chi connectivity index (χ1) is 16.8. The monoisotopic (exact) mass is 524 g/mol. The number of hydrogen-bond donors (Lipinski definition) is 1. The van der Waals surface area contributed by atoms with Gasteiger partial charge < -0.3 is 4.42 Å². The second-order valence-electron chi connectivity index (χ2n) is 7.15. The first kappa shape index (κ1) is 24.2. The van der Waals surface area contributed by atoms with Gasteiger partial charge in [0.1, 0.15) is 28.2 Å². The molecule has 2 heterocycles. The molecule has 174 valence electrons. The summed E-state index contributed by atoms with van der Waals surface area (Å²) in [4.78, 5) is 28.2. The lowest BCUT2D eigenvalue weighted by Crippen LogP contribution is -2.13. The maximum absolute atomic E-state index is 12.6. The second kappa shape index (κ2) is 10.5. The molecule has 0 fully saturated rings. The van der Waals surface area contributed by atoms with Crippen LogP contribution in [0, 0.1) is 21.4 Å². The third kappa shape index (κ3) is 5.75. The van der Waals surface area contributed by atoms with Gasteiger partial charge in [-0.1, -0.05) is 41.4 Å². The number of nitriles is 1. The highest BCUT2D eigenvalue weighted by molar-refractivity contribution is 7.15. The average Bonchev–Trinajstić information content (AvgIpc) is 3.48. The molecule has 2 aromatic heterocycles. The number of furan rings is 1. The summed E-state index contributed by atoms with van der Waals surface area (Å²) in [6, 6.07) is 16.7. The smallest absolute Gasteiger partial charge is 0.288 e. The number of halogens is 2. The molecule has 0 aliphatic carbocycles. The topological polar surface area (TPSA) is 122 Å². The summed E-state index contributed by atoms with van der Waals surface area (Å²) in [7, 11) is 0. The Morgan fingerprint density at radius 3 is 2.74 bits per heavy atom. The number of thiazole rings is 1. The van der Waals surface area contributed by atoms with Gasteiger partial charge in [-0.05, 0) is 35.9 Å². The zero-order valence-electron chi connectivity index (χ0n) is 17.7. The van der Waals surface area contributed by atoms with E-state index in [0.717, 1.165) is 10.4 Å². The predicted octanol–water partition coefficient (Wildman–Crippen LogP) is 6.75. The number of benzene rings is 2. The number of aromatic nitrogens is 1. The van der Waals surface area contributed by atoms with Crippen molar-refractivity contribution in [2.45, 2.75) is 6.42 Å². The summed E-state index contributed by atoms with van der Waals surface area (Å²) in [6.07, 6.45) is 3.48. The van der Waals surface area contributed by atoms with Gasteiger partial charge in [0, 0.05) is 40.2 Å². The minimum atomic E-state index is -0.647. The van der Waals surface area contributed by atoms with Gasteiger partial charge in [0.2, 0.25) is 0 Å². The SMILES string of the molecule is N#CC(=Cc1ccc(-c2ccc(Cl)c([N+](=O)[O-])c2)o1)C(=O)Nc1ncc(Cc2ccccc2Cl)s1. The van der Waals surface area contributed by atoms with Crippen molar-refractivity contribution in [3.63, 3.8) is 0 Å². The molecule has 0 atom stereocenters. The minimum absolute atomic E-state index is 0.00562. The normalized spacial score (nSPS) is 11.2. The molecule has 2 aromatic carbocycles. The van der Waals surface area contributed by atoms with Crippen LogP contribution in [0.3, 0.4) is 0 Å². The van der Waals surface area contributed by atoms with E-state index in [1.54, 1.807) is 30.5 Å². The number of nitrogens with one attached hydrogen (secondary N) is 1. The van der Waals surface area contributed by atoms with Crippen molar-refractivity contribution < 1.29 is 14.1 Å². The Labute approximate surface area is 213 Å². The van der Waals surface area contributed by atoms with Crippen molar-refractivity contribution in [3.8, 4) is 17.4 Å². The molecule has 35 heavy (non-hydrogen) atoms. The zero-order chi connectivity index (χ0) is 24.9. The van der Waals surface area contributed by atoms with Gasteiger partial charge in [-0.3, -0.25) is 20.2 Å². The molecule has 0 spiro atoms. The Balaban J connectivity index is 1.48. The van der Waals surface area contributed by atoms with Crippen molar-refractivity contribution in [1.29, 1.82) is 5.26 Å². The molecule has 1 N–H and O–H groups in total. The molecular weight excluding hydrogens is 511 g/mol. The van der Waals surface area contributed by atoms with Crippen LogP contribution in [-0.2, 0) is 11.2 Å². The molecule has 4 aromatic rings. The van der Waals surface area contributed by atoms with E-state index < -0.39 is 10.8 Å². The molecular formula is C24H14Cl2N4O4S. The molecule has 1 amide bonds. The summed E-state index contributed by atoms with van der Waals surface area (Å²) in [6.45, 7) is 0. The molecule has 0 unspecified atom stereocenters. The van der Waals surface area contributed by atoms with Crippen LogP contribution in [0.15, 0.2) is 70.8 Å². The molecule has 8 nitrogen and oxygen atoms in total. The highest BCUT2D eigenvalue weighted by Gasteiger charge is 2.17. The summed E-state index contributed by atoms with van der Waals surface area (Å²) >= 11 is 13.3. The Morgan fingerprint density at radius 2 is 2.00 bits per heavy atom. The number of anilines is 1. The summed E-state index contributed by atoms with van der Waals surface area (Å²) in [5.41, 5.74) is 0.911. The number of rotatable bonds is 7. The van der Waals surface area contributed by atoms with Crippen molar-refractivity contribution in [2.75, 3.05) is 5.32 Å².